The molecule has 0 bridgehead atoms. The summed E-state index contributed by atoms with van der Waals surface area (Å²) < 4.78 is 92.4. The monoisotopic (exact) mass is 479 g/mol. The highest BCUT2D eigenvalue weighted by Gasteiger charge is 2.46. The Bertz CT molecular complexity index is 1110. The van der Waals surface area contributed by atoms with Gasteiger partial charge in [-0.1, -0.05) is 18.2 Å². The molecule has 12 heteroatoms. The summed E-state index contributed by atoms with van der Waals surface area (Å²) in [6.07, 6.45) is -10.5. The van der Waals surface area contributed by atoms with Crippen LogP contribution in [-0.4, -0.2) is 65.1 Å². The maximum atomic E-state index is 13.6. The minimum Gasteiger partial charge on any atom is -0.394 e. The third-order valence-corrected chi connectivity index (χ3v) is 6.19. The van der Waals surface area contributed by atoms with Gasteiger partial charge in [-0.05, 0) is 36.2 Å². The maximum Gasteiger partial charge on any atom is 0.488 e. The van der Waals surface area contributed by atoms with E-state index in [1.807, 2.05) is 5.32 Å². The van der Waals surface area contributed by atoms with Crippen LogP contribution in [0, 0.1) is 5.92 Å². The van der Waals surface area contributed by atoms with Crippen LogP contribution in [0.5, 0.6) is 0 Å². The molecule has 0 saturated carbocycles. The molecule has 1 amide bonds. The molecule has 0 spiro atoms. The molecule has 1 aromatic carbocycles. The first-order valence-electron chi connectivity index (χ1n) is 10.1. The minimum atomic E-state index is -5.26. The summed E-state index contributed by atoms with van der Waals surface area (Å²) in [6.45, 7) is -1.19. The number of rotatable bonds is 4. The highest BCUT2D eigenvalue weighted by atomic mass is 19.4. The fourth-order valence-electron chi connectivity index (χ4n) is 4.66. The van der Waals surface area contributed by atoms with Crippen LogP contribution < -0.4 is 5.32 Å². The number of aliphatic hydroxyl groups excluding tert-OH is 1. The summed E-state index contributed by atoms with van der Waals surface area (Å²) in [5.74, 6) is -1.90. The average Bonchev–Trinajstić information content (AvgIpc) is 3.11. The number of aromatic nitrogens is 1. The van der Waals surface area contributed by atoms with E-state index < -0.39 is 43.1 Å². The summed E-state index contributed by atoms with van der Waals surface area (Å²) in [5, 5.41) is 11.5. The number of nitrogens with one attached hydrogen (secondary N) is 1. The Kier molecular flexibility index (Phi) is 5.72. The molecule has 5 nitrogen and oxygen atoms in total. The summed E-state index contributed by atoms with van der Waals surface area (Å²) in [7, 11) is 1.65. The van der Waals surface area contributed by atoms with Gasteiger partial charge in [0.25, 0.3) is 0 Å². The number of halogens is 7. The third-order valence-electron chi connectivity index (χ3n) is 6.19. The van der Waals surface area contributed by atoms with E-state index >= 15 is 0 Å². The fourth-order valence-corrected chi connectivity index (χ4v) is 4.66. The number of benzene rings is 1. The van der Waals surface area contributed by atoms with Gasteiger partial charge < -0.3 is 10.4 Å². The number of hydrogen-bond acceptors (Lipinski definition) is 3. The molecule has 33 heavy (non-hydrogen) atoms. The lowest BCUT2D eigenvalue weighted by molar-refractivity contribution is -0.200. The van der Waals surface area contributed by atoms with Gasteiger partial charge in [-0.25, -0.2) is 4.39 Å². The van der Waals surface area contributed by atoms with E-state index in [1.54, 1.807) is 18.0 Å². The van der Waals surface area contributed by atoms with Crippen molar-refractivity contribution in [2.24, 2.45) is 5.92 Å². The molecule has 4 atom stereocenters. The maximum absolute atomic E-state index is 13.6. The first-order chi connectivity index (χ1) is 15.3. The number of fused-ring (bicyclic) bond motifs is 2. The Morgan fingerprint density at radius 2 is 1.94 bits per heavy atom. The van der Waals surface area contributed by atoms with E-state index in [4.69, 9.17) is 5.11 Å². The number of carbonyl (C=O) groups excluding carboxylic acids is 1. The van der Waals surface area contributed by atoms with Gasteiger partial charge in [-0.2, -0.15) is 13.2 Å². The lowest BCUT2D eigenvalue weighted by Crippen LogP contribution is -2.53. The van der Waals surface area contributed by atoms with Crippen molar-refractivity contribution in [2.45, 2.75) is 37.2 Å². The van der Waals surface area contributed by atoms with Crippen molar-refractivity contribution in [1.82, 2.24) is 14.8 Å². The Balaban J connectivity index is 1.70. The molecule has 2 heterocycles. The predicted molar refractivity (Wildman–Crippen MR) is 105 cm³/mol. The molecule has 180 valence electrons. The molecule has 2 aromatic rings. The highest BCUT2D eigenvalue weighted by molar-refractivity contribution is 5.99. The number of nitrogens with zero attached hydrogens (tertiary/aromatic N) is 2. The quantitative estimate of drug-likeness (QED) is 0.662. The fraction of sp³-hybridized carbons (Fsp3) is 0.476. The summed E-state index contributed by atoms with van der Waals surface area (Å²) >= 11 is 0. The summed E-state index contributed by atoms with van der Waals surface area (Å²) in [5.41, 5.74) is 1.55. The molecule has 0 radical (unpaired) electrons. The minimum absolute atomic E-state index is 0.0330. The van der Waals surface area contributed by atoms with Crippen LogP contribution in [0.15, 0.2) is 30.5 Å². The number of amides is 1. The normalized spacial score (nSPS) is 23.1. The number of alkyl halides is 7. The van der Waals surface area contributed by atoms with Crippen LogP contribution in [0.3, 0.4) is 0 Å². The van der Waals surface area contributed by atoms with Gasteiger partial charge in [0.2, 0.25) is 12.1 Å². The topological polar surface area (TPSA) is 57.5 Å². The highest BCUT2D eigenvalue weighted by Crippen LogP contribution is 2.43. The second-order valence-electron chi connectivity index (χ2n) is 8.32. The van der Waals surface area contributed by atoms with Crippen LogP contribution >= 0.6 is 0 Å². The van der Waals surface area contributed by atoms with E-state index in [2.05, 4.69) is 0 Å². The van der Waals surface area contributed by atoms with Crippen molar-refractivity contribution in [3.8, 4) is 0 Å². The van der Waals surface area contributed by atoms with Crippen LogP contribution in [0.25, 0.3) is 16.5 Å². The van der Waals surface area contributed by atoms with Crippen LogP contribution in [0.1, 0.15) is 11.1 Å². The number of aliphatic hydroxyl groups is 1. The summed E-state index contributed by atoms with van der Waals surface area (Å²) in [4.78, 5) is 14.4. The van der Waals surface area contributed by atoms with E-state index in [1.165, 1.54) is 18.2 Å². The van der Waals surface area contributed by atoms with E-state index in [0.29, 0.717) is 22.1 Å². The van der Waals surface area contributed by atoms with E-state index in [9.17, 15) is 35.5 Å². The van der Waals surface area contributed by atoms with Gasteiger partial charge in [0.05, 0.1) is 24.1 Å². The Labute approximate surface area is 183 Å². The molecule has 2 N–H and O–H groups in total. The first kappa shape index (κ1) is 23.6. The summed E-state index contributed by atoms with van der Waals surface area (Å²) in [6, 6.07) is 1.94. The molecule has 4 unspecified atom stereocenters. The molecule has 0 saturated heterocycles. The Hall–Kier alpha value is -2.60. The third kappa shape index (κ3) is 4.10. The van der Waals surface area contributed by atoms with E-state index in [0.717, 1.165) is 6.20 Å². The van der Waals surface area contributed by atoms with Crippen molar-refractivity contribution < 1.29 is 40.6 Å². The first-order valence-corrected chi connectivity index (χ1v) is 10.1. The zero-order valence-electron chi connectivity index (χ0n) is 17.2. The largest absolute Gasteiger partial charge is 0.488 e. The van der Waals surface area contributed by atoms with E-state index in [-0.39, 0.29) is 29.1 Å². The zero-order chi connectivity index (χ0) is 24.3. The predicted octanol–water partition coefficient (Wildman–Crippen LogP) is 3.36. The molecule has 1 aromatic heterocycles. The van der Waals surface area contributed by atoms with Crippen molar-refractivity contribution in [3.63, 3.8) is 0 Å². The number of carbonyl (C=O) groups is 1. The Morgan fingerprint density at radius 3 is 2.55 bits per heavy atom. The van der Waals surface area contributed by atoms with Gasteiger partial charge >= 0.3 is 12.5 Å². The molecule has 0 fully saturated rings. The zero-order valence-corrected chi connectivity index (χ0v) is 17.2. The second kappa shape index (κ2) is 8.01. The lowest BCUT2D eigenvalue weighted by atomic mass is 9.79. The van der Waals surface area contributed by atoms with Crippen molar-refractivity contribution in [1.29, 1.82) is 0 Å². The van der Waals surface area contributed by atoms with Crippen LogP contribution in [-0.2, 0) is 17.5 Å². The number of likely N-dealkylation sites (N-methyl/N-ethyl adjacent to an activating group) is 1. The van der Waals surface area contributed by atoms with Gasteiger partial charge in [0.1, 0.15) is 0 Å². The molecule has 1 aliphatic carbocycles. The average molecular weight is 479 g/mol. The lowest BCUT2D eigenvalue weighted by Gasteiger charge is -2.39. The Morgan fingerprint density at radius 1 is 1.24 bits per heavy atom. The second-order valence-corrected chi connectivity index (χ2v) is 8.32. The van der Waals surface area contributed by atoms with Crippen molar-refractivity contribution >= 4 is 22.4 Å². The van der Waals surface area contributed by atoms with Gasteiger partial charge in [0, 0.05) is 24.2 Å². The molecule has 2 aliphatic rings. The van der Waals surface area contributed by atoms with Crippen molar-refractivity contribution in [2.75, 3.05) is 20.2 Å². The number of hydrogen-bond donors (Lipinski definition) is 2. The molecular formula is C21H20F7N3O2. The standard InChI is InChI=1S/C21H20F7N3O2/c1-30-7-11(19(33)29-14(9-32)18(22)20(23,24)25)5-13-12-3-2-4-15-17(12)10(6-16(13)30)8-31(15)21(26,27)28/h2-5,8,11,14,16,18,32H,6-7,9H2,1H3,(H,29,33). The van der Waals surface area contributed by atoms with Gasteiger partial charge in [-0.15, -0.1) is 13.2 Å². The van der Waals surface area contributed by atoms with Crippen LogP contribution in [0.4, 0.5) is 30.7 Å². The smallest absolute Gasteiger partial charge is 0.394 e. The SMILES string of the molecule is CN1CC(C(=O)NC(CO)C(F)C(F)(F)F)C=C2c3cccc4c3c(cn4C(F)(F)F)CC21. The molecule has 1 aliphatic heterocycles. The molecular weight excluding hydrogens is 459 g/mol. The van der Waals surface area contributed by atoms with Crippen molar-refractivity contribution in [3.05, 3.63) is 41.6 Å². The van der Waals surface area contributed by atoms with Gasteiger partial charge in [0.15, 0.2) is 0 Å². The van der Waals surface area contributed by atoms with Gasteiger partial charge in [-0.3, -0.25) is 14.3 Å². The van der Waals surface area contributed by atoms with Crippen LogP contribution in [0.2, 0.25) is 0 Å². The molecule has 4 rings (SSSR count).